The van der Waals surface area contributed by atoms with Gasteiger partial charge in [-0.1, -0.05) is 34.6 Å². The number of aromatic nitrogens is 6. The van der Waals surface area contributed by atoms with Gasteiger partial charge in [0.1, 0.15) is 52.8 Å². The fourth-order valence-electron chi connectivity index (χ4n) is 6.15. The van der Waals surface area contributed by atoms with Crippen molar-refractivity contribution in [1.29, 1.82) is 0 Å². The molecule has 368 valence electrons. The van der Waals surface area contributed by atoms with E-state index in [0.717, 1.165) is 24.3 Å². The Labute approximate surface area is 415 Å². The number of ether oxygens (including phenoxy) is 5. The maximum absolute atomic E-state index is 12.9. The molecule has 0 aliphatic carbocycles. The van der Waals surface area contributed by atoms with Crippen molar-refractivity contribution < 1.29 is 93.3 Å². The molecule has 71 heavy (non-hydrogen) atoms. The van der Waals surface area contributed by atoms with Gasteiger partial charge in [0, 0.05) is 30.2 Å². The van der Waals surface area contributed by atoms with E-state index in [-0.39, 0.29) is 62.4 Å². The molecule has 4 aromatic carbocycles. The van der Waals surface area contributed by atoms with Crippen LogP contribution < -0.4 is 49.3 Å². The number of carbonyl (C=O) groups is 1. The molecule has 4 N–H and O–H groups in total. The van der Waals surface area contributed by atoms with Gasteiger partial charge in [0.15, 0.2) is 11.6 Å². The number of methoxy groups -OCH3 is 2. The van der Waals surface area contributed by atoms with Gasteiger partial charge in [0.2, 0.25) is 0 Å². The number of hydrogen-bond donors (Lipinski definition) is 3. The summed E-state index contributed by atoms with van der Waals surface area (Å²) in [6, 6.07) is 19.0. The first-order chi connectivity index (χ1) is 32.9. The third-order valence-electron chi connectivity index (χ3n) is 9.51. The number of carbonyl (C=O) groups excluding carboxylic acids is 1. The van der Waals surface area contributed by atoms with Crippen LogP contribution in [0.2, 0.25) is 0 Å². The van der Waals surface area contributed by atoms with Gasteiger partial charge in [-0.15, -0.1) is 22.7 Å². The van der Waals surface area contributed by atoms with Crippen LogP contribution in [-0.2, 0) is 48.3 Å². The van der Waals surface area contributed by atoms with E-state index in [1.807, 2.05) is 0 Å². The molecule has 0 unspecified atom stereocenters. The van der Waals surface area contributed by atoms with Crippen molar-refractivity contribution in [3.63, 3.8) is 0 Å². The number of aromatic amines is 2. The summed E-state index contributed by atoms with van der Waals surface area (Å²) < 4.78 is 114. The van der Waals surface area contributed by atoms with Gasteiger partial charge in [-0.3, -0.25) is 23.8 Å². The van der Waals surface area contributed by atoms with Gasteiger partial charge in [0.25, 0.3) is 0 Å². The van der Waals surface area contributed by atoms with Crippen molar-refractivity contribution in [3.05, 3.63) is 138 Å². The van der Waals surface area contributed by atoms with Crippen LogP contribution in [0.4, 0.5) is 26.3 Å². The molecule has 0 saturated carbocycles. The Hall–Kier alpha value is -7.21. The minimum absolute atomic E-state index is 0. The molecule has 8 aromatic rings. The van der Waals surface area contributed by atoms with Crippen LogP contribution in [0.15, 0.2) is 104 Å². The zero-order chi connectivity index (χ0) is 49.5. The second-order valence-corrected chi connectivity index (χ2v) is 16.2. The molecular weight excluding hydrogens is 990 g/mol. The Balaban J connectivity index is 0.000000258. The largest absolute Gasteiger partial charge is 1.00 e. The van der Waals surface area contributed by atoms with Gasteiger partial charge in [-0.25, -0.2) is 19.6 Å². The molecule has 0 aliphatic heterocycles. The monoisotopic (exact) mass is 1020 g/mol. The predicted molar refractivity (Wildman–Crippen MR) is 235 cm³/mol. The number of thiazole rings is 2. The number of aliphatic hydroxyl groups is 1. The van der Waals surface area contributed by atoms with Crippen molar-refractivity contribution >= 4 is 28.6 Å². The van der Waals surface area contributed by atoms with Crippen molar-refractivity contribution in [3.8, 4) is 66.9 Å². The second kappa shape index (κ2) is 23.6. The SMILES string of the molecule is COc1cc(OCc2sc(-c3ccc(C(F)(F)F)cc3)nc2CO)ccc1-c1noc(=O)[nH]1.COc1cc(OCc2sc(-c3ccc(C(F)(F)F)cc3)nc2COC(C)=O)ccc1-c1noc(=O)[nH]1.[Li+].[OH-]. The summed E-state index contributed by atoms with van der Waals surface area (Å²) >= 11 is 2.42. The summed E-state index contributed by atoms with van der Waals surface area (Å²) in [6.07, 6.45) is -8.86. The zero-order valence-electron chi connectivity index (χ0n) is 37.3. The van der Waals surface area contributed by atoms with Crippen LogP contribution in [0.1, 0.15) is 39.2 Å². The molecule has 0 saturated heterocycles. The Morgan fingerprint density at radius 1 is 0.648 bits per heavy atom. The summed E-state index contributed by atoms with van der Waals surface area (Å²) in [4.78, 5) is 48.6. The normalized spacial score (nSPS) is 11.1. The number of nitrogens with one attached hydrogen (secondary N) is 2. The number of hydrogen-bond acceptors (Lipinski definition) is 18. The molecule has 27 heteroatoms. The number of H-pyrrole nitrogens is 2. The van der Waals surface area contributed by atoms with Crippen molar-refractivity contribution in [2.45, 2.75) is 45.7 Å². The van der Waals surface area contributed by atoms with E-state index in [2.05, 4.69) is 39.3 Å². The minimum Gasteiger partial charge on any atom is -0.870 e. The molecule has 18 nitrogen and oxygen atoms in total. The number of benzene rings is 4. The van der Waals surface area contributed by atoms with E-state index >= 15 is 0 Å². The molecule has 0 fully saturated rings. The first kappa shape index (κ1) is 54.7. The van der Waals surface area contributed by atoms with E-state index in [0.29, 0.717) is 76.4 Å². The smallest absolute Gasteiger partial charge is 0.870 e. The summed E-state index contributed by atoms with van der Waals surface area (Å²) in [5.41, 5.74) is 1.24. The molecule has 4 aromatic heterocycles. The van der Waals surface area contributed by atoms with E-state index in [1.165, 1.54) is 68.1 Å². The number of halogens is 6. The first-order valence-corrected chi connectivity index (χ1v) is 21.4. The third kappa shape index (κ3) is 13.8. The number of aliphatic hydroxyl groups excluding tert-OH is 1. The average Bonchev–Trinajstić information content (AvgIpc) is 4.16. The molecule has 8 rings (SSSR count). The van der Waals surface area contributed by atoms with E-state index in [1.54, 1.807) is 36.4 Å². The van der Waals surface area contributed by atoms with Gasteiger partial charge >= 0.3 is 48.7 Å². The number of alkyl halides is 6. The topological polar surface area (TPSA) is 257 Å². The Morgan fingerprint density at radius 2 is 1.06 bits per heavy atom. The van der Waals surface area contributed by atoms with Gasteiger partial charge in [-0.2, -0.15) is 26.3 Å². The van der Waals surface area contributed by atoms with Crippen LogP contribution in [0, 0.1) is 0 Å². The summed E-state index contributed by atoms with van der Waals surface area (Å²) in [5, 5.41) is 17.8. The Bertz CT molecular complexity index is 3170. The second-order valence-electron chi connectivity index (χ2n) is 14.1. The third-order valence-corrected chi connectivity index (χ3v) is 11.8. The van der Waals surface area contributed by atoms with Crippen LogP contribution >= 0.6 is 22.7 Å². The number of nitrogens with zero attached hydrogens (tertiary/aromatic N) is 4. The summed E-state index contributed by atoms with van der Waals surface area (Å²) in [5.74, 6) is 0.0995. The van der Waals surface area contributed by atoms with Crippen LogP contribution in [-0.4, -0.2) is 61.0 Å². The van der Waals surface area contributed by atoms with Crippen LogP contribution in [0.5, 0.6) is 23.0 Å². The van der Waals surface area contributed by atoms with E-state index in [4.69, 9.17) is 23.7 Å². The number of rotatable bonds is 15. The summed E-state index contributed by atoms with van der Waals surface area (Å²) in [6.45, 7) is 0.898. The van der Waals surface area contributed by atoms with Crippen LogP contribution in [0.25, 0.3) is 43.9 Å². The van der Waals surface area contributed by atoms with E-state index in [9.17, 15) is 45.8 Å². The maximum Gasteiger partial charge on any atom is 1.00 e. The first-order valence-electron chi connectivity index (χ1n) is 19.7. The average molecular weight is 1020 g/mol. The molecule has 4 heterocycles. The van der Waals surface area contributed by atoms with Crippen molar-refractivity contribution in [2.75, 3.05) is 14.2 Å². The molecular formula is C44H35F6LiN6O12S2. The molecule has 0 spiro atoms. The fraction of sp³-hybridized carbons (Fsp3) is 0.205. The predicted octanol–water partition coefficient (Wildman–Crippen LogP) is 5.90. The van der Waals surface area contributed by atoms with Crippen LogP contribution in [0.3, 0.4) is 0 Å². The molecule has 0 amide bonds. The minimum atomic E-state index is -4.44. The van der Waals surface area contributed by atoms with E-state index < -0.39 is 41.0 Å². The molecule has 0 bridgehead atoms. The standard InChI is InChI=1S/C23H18F3N3O6S.C21H16F3N3O5S.Li.H2O/c1-12(30)33-10-17-19(36-21(27-17)13-3-5-14(6-4-13)23(24,25)26)11-34-15-7-8-16(18(9-15)32-2)20-28-22(31)35-29-20;1-30-16-8-13(6-7-14(16)18-26-20(29)32-27-18)31-10-17-15(9-28)25-19(33-17)11-2-4-12(5-3-11)21(22,23)24;;/h3-9H,10-11H2,1-2H3,(H,28,29,31);2-8,28H,9-10H2,1H3,(H,26,27,29);;1H2/q;;+1;/p-1. The van der Waals surface area contributed by atoms with Gasteiger partial charge in [0.05, 0.1) is 64.2 Å². The molecule has 0 atom stereocenters. The fourth-order valence-corrected chi connectivity index (χ4v) is 8.13. The van der Waals surface area contributed by atoms with Crippen molar-refractivity contribution in [1.82, 2.24) is 30.2 Å². The maximum atomic E-state index is 12.9. The Morgan fingerprint density at radius 3 is 1.41 bits per heavy atom. The molecule has 0 radical (unpaired) electrons. The molecule has 0 aliphatic rings. The Kier molecular flexibility index (Phi) is 18.2. The number of esters is 1. The van der Waals surface area contributed by atoms with Gasteiger partial charge in [-0.05, 0) is 48.5 Å². The van der Waals surface area contributed by atoms with Gasteiger partial charge < -0.3 is 34.3 Å². The summed E-state index contributed by atoms with van der Waals surface area (Å²) in [7, 11) is 2.89. The zero-order valence-corrected chi connectivity index (χ0v) is 38.9. The van der Waals surface area contributed by atoms with Crippen molar-refractivity contribution in [2.24, 2.45) is 0 Å². The quantitative estimate of drug-likeness (QED) is 0.0613.